The van der Waals surface area contributed by atoms with Crippen LogP contribution in [0.1, 0.15) is 13.8 Å². The van der Waals surface area contributed by atoms with Crippen molar-refractivity contribution in [1.82, 2.24) is 5.32 Å². The van der Waals surface area contributed by atoms with E-state index >= 15 is 0 Å². The molecule has 2 nitrogen and oxygen atoms in total. The molecule has 0 rings (SSSR count). The molecule has 0 aromatic heterocycles. The molecule has 10 heavy (non-hydrogen) atoms. The van der Waals surface area contributed by atoms with Gasteiger partial charge in [-0.15, -0.1) is 0 Å². The van der Waals surface area contributed by atoms with Crippen LogP contribution in [0.2, 0.25) is 0 Å². The summed E-state index contributed by atoms with van der Waals surface area (Å²) in [6.07, 6.45) is 3.24. The topological polar surface area (TPSA) is 29.1 Å². The molecule has 0 aromatic carbocycles. The summed E-state index contributed by atoms with van der Waals surface area (Å²) < 4.78 is 0. The first-order chi connectivity index (χ1) is 4.81. The lowest BCUT2D eigenvalue weighted by Gasteiger charge is -1.90. The fourth-order valence-electron chi connectivity index (χ4n) is 0.435. The SMILES string of the molecule is CCN/C=C/C(=O)SCC. The van der Waals surface area contributed by atoms with Crippen LogP contribution in [0.4, 0.5) is 0 Å². The third-order valence-corrected chi connectivity index (χ3v) is 1.54. The minimum atomic E-state index is 0.114. The van der Waals surface area contributed by atoms with Gasteiger partial charge in [-0.1, -0.05) is 18.7 Å². The highest BCUT2D eigenvalue weighted by atomic mass is 32.2. The molecule has 0 bridgehead atoms. The van der Waals surface area contributed by atoms with Gasteiger partial charge in [-0.25, -0.2) is 0 Å². The molecule has 0 aliphatic carbocycles. The van der Waals surface area contributed by atoms with E-state index in [0.29, 0.717) is 0 Å². The summed E-state index contributed by atoms with van der Waals surface area (Å²) in [5.41, 5.74) is 0. The molecule has 58 valence electrons. The minimum Gasteiger partial charge on any atom is -0.391 e. The average molecular weight is 159 g/mol. The van der Waals surface area contributed by atoms with E-state index in [9.17, 15) is 4.79 Å². The molecule has 0 aliphatic rings. The summed E-state index contributed by atoms with van der Waals surface area (Å²) in [7, 11) is 0. The third-order valence-electron chi connectivity index (χ3n) is 0.828. The summed E-state index contributed by atoms with van der Waals surface area (Å²) in [6, 6.07) is 0. The van der Waals surface area contributed by atoms with Crippen molar-refractivity contribution in [3.05, 3.63) is 12.3 Å². The van der Waals surface area contributed by atoms with Gasteiger partial charge in [0.05, 0.1) is 0 Å². The highest BCUT2D eigenvalue weighted by molar-refractivity contribution is 8.14. The molecule has 0 spiro atoms. The van der Waals surface area contributed by atoms with Crippen molar-refractivity contribution in [3.8, 4) is 0 Å². The number of carbonyl (C=O) groups is 1. The Morgan fingerprint density at radius 1 is 1.60 bits per heavy atom. The fraction of sp³-hybridized carbons (Fsp3) is 0.571. The van der Waals surface area contributed by atoms with Gasteiger partial charge in [-0.05, 0) is 12.7 Å². The van der Waals surface area contributed by atoms with Crippen molar-refractivity contribution >= 4 is 16.9 Å². The third kappa shape index (κ3) is 5.69. The Labute approximate surface area is 66.1 Å². The minimum absolute atomic E-state index is 0.114. The molecule has 0 aromatic rings. The lowest BCUT2D eigenvalue weighted by Crippen LogP contribution is -2.02. The van der Waals surface area contributed by atoms with Gasteiger partial charge in [0.1, 0.15) is 0 Å². The normalized spacial score (nSPS) is 10.2. The molecule has 0 atom stereocenters. The van der Waals surface area contributed by atoms with Gasteiger partial charge < -0.3 is 5.32 Å². The van der Waals surface area contributed by atoms with Gasteiger partial charge in [0.25, 0.3) is 0 Å². The van der Waals surface area contributed by atoms with Crippen LogP contribution in [0.25, 0.3) is 0 Å². The number of rotatable bonds is 4. The van der Waals surface area contributed by atoms with E-state index in [1.54, 1.807) is 12.3 Å². The van der Waals surface area contributed by atoms with Crippen molar-refractivity contribution < 1.29 is 4.79 Å². The van der Waals surface area contributed by atoms with Crippen LogP contribution >= 0.6 is 11.8 Å². The van der Waals surface area contributed by atoms with Gasteiger partial charge >= 0.3 is 0 Å². The Hall–Kier alpha value is -0.440. The van der Waals surface area contributed by atoms with Gasteiger partial charge in [0.2, 0.25) is 5.12 Å². The van der Waals surface area contributed by atoms with Crippen LogP contribution in [0.5, 0.6) is 0 Å². The number of carbonyl (C=O) groups excluding carboxylic acids is 1. The maximum atomic E-state index is 10.8. The number of hydrogen-bond donors (Lipinski definition) is 1. The van der Waals surface area contributed by atoms with Gasteiger partial charge in [0.15, 0.2) is 0 Å². The zero-order chi connectivity index (χ0) is 7.82. The monoisotopic (exact) mass is 159 g/mol. The molecular weight excluding hydrogens is 146 g/mol. The molecule has 0 amide bonds. The Morgan fingerprint density at radius 2 is 2.30 bits per heavy atom. The van der Waals surface area contributed by atoms with Crippen LogP contribution in [0.15, 0.2) is 12.3 Å². The first-order valence-electron chi connectivity index (χ1n) is 3.38. The second-order valence-electron chi connectivity index (χ2n) is 1.64. The van der Waals surface area contributed by atoms with Crippen molar-refractivity contribution in [1.29, 1.82) is 0 Å². The maximum absolute atomic E-state index is 10.8. The largest absolute Gasteiger partial charge is 0.391 e. The summed E-state index contributed by atoms with van der Waals surface area (Å²) in [5, 5.41) is 3.04. The Balaban J connectivity index is 3.36. The molecule has 3 heteroatoms. The van der Waals surface area contributed by atoms with Crippen LogP contribution < -0.4 is 5.32 Å². The van der Waals surface area contributed by atoms with E-state index in [1.165, 1.54) is 11.8 Å². The molecule has 0 heterocycles. The second-order valence-corrected chi connectivity index (χ2v) is 2.91. The van der Waals surface area contributed by atoms with Crippen molar-refractivity contribution in [3.63, 3.8) is 0 Å². The number of nitrogens with one attached hydrogen (secondary N) is 1. The summed E-state index contributed by atoms with van der Waals surface area (Å²) in [5.74, 6) is 0.843. The zero-order valence-electron chi connectivity index (χ0n) is 6.39. The fourth-order valence-corrected chi connectivity index (χ4v) is 0.884. The van der Waals surface area contributed by atoms with Gasteiger partial charge in [0, 0.05) is 18.8 Å². The molecule has 1 N–H and O–H groups in total. The second kappa shape index (κ2) is 6.68. The van der Waals surface area contributed by atoms with Crippen LogP contribution in [-0.2, 0) is 4.79 Å². The zero-order valence-corrected chi connectivity index (χ0v) is 7.20. The van der Waals surface area contributed by atoms with Crippen LogP contribution in [0, 0.1) is 0 Å². The van der Waals surface area contributed by atoms with Crippen molar-refractivity contribution in [2.45, 2.75) is 13.8 Å². The Bertz CT molecular complexity index is 123. The molecule has 0 unspecified atom stereocenters. The van der Waals surface area contributed by atoms with E-state index < -0.39 is 0 Å². The Morgan fingerprint density at radius 3 is 2.80 bits per heavy atom. The first-order valence-corrected chi connectivity index (χ1v) is 4.36. The maximum Gasteiger partial charge on any atom is 0.213 e. The summed E-state index contributed by atoms with van der Waals surface area (Å²) >= 11 is 1.32. The molecular formula is C7H13NOS. The standard InChI is InChI=1S/C7H13NOS/c1-3-8-6-5-7(9)10-4-2/h5-6,8H,3-4H2,1-2H3/b6-5+. The predicted octanol–water partition coefficient (Wildman–Crippen LogP) is 1.39. The highest BCUT2D eigenvalue weighted by Crippen LogP contribution is 1.99. The molecule has 0 radical (unpaired) electrons. The van der Waals surface area contributed by atoms with E-state index in [-0.39, 0.29) is 5.12 Å². The Kier molecular flexibility index (Phi) is 6.38. The predicted molar refractivity (Wildman–Crippen MR) is 46.0 cm³/mol. The molecule has 0 saturated carbocycles. The summed E-state index contributed by atoms with van der Waals surface area (Å²) in [6.45, 7) is 4.81. The number of thioether (sulfide) groups is 1. The van der Waals surface area contributed by atoms with Gasteiger partial charge in [-0.3, -0.25) is 4.79 Å². The number of hydrogen-bond acceptors (Lipinski definition) is 3. The van der Waals surface area contributed by atoms with Crippen LogP contribution in [-0.4, -0.2) is 17.4 Å². The lowest BCUT2D eigenvalue weighted by atomic mass is 10.6. The van der Waals surface area contributed by atoms with E-state index in [1.807, 2.05) is 13.8 Å². The molecule has 0 fully saturated rings. The van der Waals surface area contributed by atoms with E-state index in [4.69, 9.17) is 0 Å². The van der Waals surface area contributed by atoms with Crippen LogP contribution in [0.3, 0.4) is 0 Å². The average Bonchev–Trinajstić information content (AvgIpc) is 1.89. The first kappa shape index (κ1) is 9.56. The molecule has 0 saturated heterocycles. The van der Waals surface area contributed by atoms with Crippen molar-refractivity contribution in [2.75, 3.05) is 12.3 Å². The van der Waals surface area contributed by atoms with Crippen molar-refractivity contribution in [2.24, 2.45) is 0 Å². The highest BCUT2D eigenvalue weighted by Gasteiger charge is 1.90. The lowest BCUT2D eigenvalue weighted by molar-refractivity contribution is -0.107. The van der Waals surface area contributed by atoms with Gasteiger partial charge in [-0.2, -0.15) is 0 Å². The molecule has 0 aliphatic heterocycles. The van der Waals surface area contributed by atoms with E-state index in [2.05, 4.69) is 5.32 Å². The van der Waals surface area contributed by atoms with E-state index in [0.717, 1.165) is 12.3 Å². The summed E-state index contributed by atoms with van der Waals surface area (Å²) in [4.78, 5) is 10.8. The quantitative estimate of drug-likeness (QED) is 0.628. The smallest absolute Gasteiger partial charge is 0.213 e.